The molecule has 2 N–H and O–H groups in total. The lowest BCUT2D eigenvalue weighted by atomic mass is 9.88. The molecular weight excluding hydrogens is 241 g/mol. The van der Waals surface area contributed by atoms with Gasteiger partial charge in [0.05, 0.1) is 0 Å². The number of nitrogens with two attached hydrogens (primary N) is 1. The first-order valence-electron chi connectivity index (χ1n) is 5.94. The van der Waals surface area contributed by atoms with Crippen molar-refractivity contribution in [2.75, 3.05) is 13.2 Å². The predicted molar refractivity (Wildman–Crippen MR) is 66.6 cm³/mol. The van der Waals surface area contributed by atoms with E-state index in [1.54, 1.807) is 6.07 Å². The Morgan fingerprint density at radius 2 is 2.12 bits per heavy atom. The summed E-state index contributed by atoms with van der Waals surface area (Å²) in [5.41, 5.74) is 7.10. The van der Waals surface area contributed by atoms with Crippen molar-refractivity contribution in [3.63, 3.8) is 0 Å². The van der Waals surface area contributed by atoms with Crippen LogP contribution in [-0.2, 0) is 11.2 Å². The normalized spacial score (nSPS) is 19.2. The zero-order valence-corrected chi connectivity index (χ0v) is 10.4. The van der Waals surface area contributed by atoms with Gasteiger partial charge in [0, 0.05) is 24.3 Å². The molecule has 2 rings (SSSR count). The number of hydrogen-bond acceptors (Lipinski definition) is 2. The number of benzene rings is 1. The van der Waals surface area contributed by atoms with Crippen LogP contribution in [0.3, 0.4) is 0 Å². The van der Waals surface area contributed by atoms with E-state index in [1.165, 1.54) is 12.1 Å². The molecule has 0 aromatic heterocycles. The van der Waals surface area contributed by atoms with Gasteiger partial charge in [-0.25, -0.2) is 4.39 Å². The summed E-state index contributed by atoms with van der Waals surface area (Å²) >= 11 is 5.99. The van der Waals surface area contributed by atoms with E-state index >= 15 is 0 Å². The Morgan fingerprint density at radius 3 is 2.76 bits per heavy atom. The van der Waals surface area contributed by atoms with E-state index in [0.717, 1.165) is 31.6 Å². The molecule has 1 aliphatic rings. The van der Waals surface area contributed by atoms with Gasteiger partial charge in [-0.2, -0.15) is 0 Å². The fourth-order valence-electron chi connectivity index (χ4n) is 2.25. The molecule has 0 radical (unpaired) electrons. The van der Waals surface area contributed by atoms with Crippen molar-refractivity contribution < 1.29 is 9.13 Å². The Hall–Kier alpha value is -0.640. The topological polar surface area (TPSA) is 35.2 Å². The molecule has 1 aromatic rings. The molecule has 1 saturated heterocycles. The molecular formula is C13H17ClFNO. The van der Waals surface area contributed by atoms with Gasteiger partial charge in [0.1, 0.15) is 5.82 Å². The lowest BCUT2D eigenvalue weighted by Gasteiger charge is -2.27. The molecule has 1 aliphatic heterocycles. The maximum atomic E-state index is 12.9. The van der Waals surface area contributed by atoms with E-state index in [-0.39, 0.29) is 11.9 Å². The van der Waals surface area contributed by atoms with Gasteiger partial charge < -0.3 is 10.5 Å². The van der Waals surface area contributed by atoms with Crippen molar-refractivity contribution in [2.24, 2.45) is 11.7 Å². The largest absolute Gasteiger partial charge is 0.381 e. The molecule has 1 unspecified atom stereocenters. The molecule has 0 aliphatic carbocycles. The van der Waals surface area contributed by atoms with Crippen molar-refractivity contribution in [3.8, 4) is 0 Å². The molecule has 0 spiro atoms. The molecule has 2 nitrogen and oxygen atoms in total. The standard InChI is InChI=1S/C13H17ClFNO/c14-12-8-11(15)2-1-10(12)7-13(16)9-3-5-17-6-4-9/h1-2,8-9,13H,3-7,16H2. The maximum absolute atomic E-state index is 12.9. The van der Waals surface area contributed by atoms with Gasteiger partial charge >= 0.3 is 0 Å². The van der Waals surface area contributed by atoms with Crippen LogP contribution in [0.25, 0.3) is 0 Å². The van der Waals surface area contributed by atoms with Crippen LogP contribution in [0.5, 0.6) is 0 Å². The van der Waals surface area contributed by atoms with Crippen LogP contribution in [0.2, 0.25) is 5.02 Å². The Bertz CT molecular complexity index is 380. The number of halogens is 2. The van der Waals surface area contributed by atoms with Crippen LogP contribution in [0, 0.1) is 11.7 Å². The molecule has 94 valence electrons. The molecule has 4 heteroatoms. The van der Waals surface area contributed by atoms with Crippen molar-refractivity contribution in [1.29, 1.82) is 0 Å². The average Bonchev–Trinajstić information content (AvgIpc) is 2.34. The molecule has 1 atom stereocenters. The summed E-state index contributed by atoms with van der Waals surface area (Å²) in [6, 6.07) is 4.56. The summed E-state index contributed by atoms with van der Waals surface area (Å²) in [7, 11) is 0. The third-order valence-electron chi connectivity index (χ3n) is 3.34. The fourth-order valence-corrected chi connectivity index (χ4v) is 2.50. The molecule has 0 saturated carbocycles. The SMILES string of the molecule is NC(Cc1ccc(F)cc1Cl)C1CCOCC1. The minimum absolute atomic E-state index is 0.0712. The second-order valence-electron chi connectivity index (χ2n) is 4.55. The molecule has 0 bridgehead atoms. The molecule has 17 heavy (non-hydrogen) atoms. The highest BCUT2D eigenvalue weighted by molar-refractivity contribution is 6.31. The maximum Gasteiger partial charge on any atom is 0.124 e. The zero-order valence-electron chi connectivity index (χ0n) is 9.66. The van der Waals surface area contributed by atoms with Crippen LogP contribution >= 0.6 is 11.6 Å². The highest BCUT2D eigenvalue weighted by Crippen LogP contribution is 2.24. The minimum Gasteiger partial charge on any atom is -0.381 e. The highest BCUT2D eigenvalue weighted by atomic mass is 35.5. The molecule has 0 amide bonds. The summed E-state index contributed by atoms with van der Waals surface area (Å²) in [6.45, 7) is 1.57. The summed E-state index contributed by atoms with van der Waals surface area (Å²) in [6.07, 6.45) is 2.70. The van der Waals surface area contributed by atoms with Crippen LogP contribution in [-0.4, -0.2) is 19.3 Å². The van der Waals surface area contributed by atoms with Gasteiger partial charge in [0.25, 0.3) is 0 Å². The third-order valence-corrected chi connectivity index (χ3v) is 3.69. The second-order valence-corrected chi connectivity index (χ2v) is 4.96. The van der Waals surface area contributed by atoms with Crippen LogP contribution < -0.4 is 5.73 Å². The van der Waals surface area contributed by atoms with Crippen molar-refractivity contribution in [2.45, 2.75) is 25.3 Å². The first-order valence-corrected chi connectivity index (χ1v) is 6.32. The lowest BCUT2D eigenvalue weighted by molar-refractivity contribution is 0.0585. The Balaban J connectivity index is 1.99. The second kappa shape index (κ2) is 5.80. The van der Waals surface area contributed by atoms with Crippen molar-refractivity contribution >= 4 is 11.6 Å². The summed E-state index contributed by atoms with van der Waals surface area (Å²) in [4.78, 5) is 0. The predicted octanol–water partition coefficient (Wildman–Crippen LogP) is 2.78. The number of rotatable bonds is 3. The van der Waals surface area contributed by atoms with Crippen LogP contribution in [0.15, 0.2) is 18.2 Å². The van der Waals surface area contributed by atoms with E-state index in [4.69, 9.17) is 22.1 Å². The lowest BCUT2D eigenvalue weighted by Crippen LogP contribution is -2.36. The van der Waals surface area contributed by atoms with Gasteiger partial charge in [-0.3, -0.25) is 0 Å². The number of ether oxygens (including phenoxy) is 1. The third kappa shape index (κ3) is 3.41. The fraction of sp³-hybridized carbons (Fsp3) is 0.538. The molecule has 1 aromatic carbocycles. The minimum atomic E-state index is -0.307. The van der Waals surface area contributed by atoms with E-state index in [2.05, 4.69) is 0 Å². The van der Waals surface area contributed by atoms with E-state index in [1.807, 2.05) is 0 Å². The smallest absolute Gasteiger partial charge is 0.124 e. The summed E-state index contributed by atoms with van der Waals surface area (Å²) in [5, 5.41) is 0.465. The summed E-state index contributed by atoms with van der Waals surface area (Å²) < 4.78 is 18.2. The van der Waals surface area contributed by atoms with E-state index in [0.29, 0.717) is 17.4 Å². The van der Waals surface area contributed by atoms with Gasteiger partial charge in [0.15, 0.2) is 0 Å². The van der Waals surface area contributed by atoms with Gasteiger partial charge in [0.2, 0.25) is 0 Å². The first-order chi connectivity index (χ1) is 8.16. The van der Waals surface area contributed by atoms with Gasteiger partial charge in [-0.1, -0.05) is 17.7 Å². The Labute approximate surface area is 106 Å². The van der Waals surface area contributed by atoms with Crippen molar-refractivity contribution in [3.05, 3.63) is 34.6 Å². The van der Waals surface area contributed by atoms with E-state index < -0.39 is 0 Å². The summed E-state index contributed by atoms with van der Waals surface area (Å²) in [5.74, 6) is 0.170. The Kier molecular flexibility index (Phi) is 4.37. The van der Waals surface area contributed by atoms with Gasteiger partial charge in [-0.15, -0.1) is 0 Å². The van der Waals surface area contributed by atoms with Gasteiger partial charge in [-0.05, 0) is 42.9 Å². The Morgan fingerprint density at radius 1 is 1.41 bits per heavy atom. The quantitative estimate of drug-likeness (QED) is 0.904. The number of hydrogen-bond donors (Lipinski definition) is 1. The van der Waals surface area contributed by atoms with Crippen LogP contribution in [0.4, 0.5) is 4.39 Å². The monoisotopic (exact) mass is 257 g/mol. The van der Waals surface area contributed by atoms with Crippen LogP contribution in [0.1, 0.15) is 18.4 Å². The van der Waals surface area contributed by atoms with Crippen molar-refractivity contribution in [1.82, 2.24) is 0 Å². The zero-order chi connectivity index (χ0) is 12.3. The molecule has 1 fully saturated rings. The molecule has 1 heterocycles. The highest BCUT2D eigenvalue weighted by Gasteiger charge is 2.21. The van der Waals surface area contributed by atoms with E-state index in [9.17, 15) is 4.39 Å². The first kappa shape index (κ1) is 12.8. The average molecular weight is 258 g/mol.